The molecular formula is C11H14ClN3. The molecule has 2 rings (SSSR count). The maximum atomic E-state index is 6.07. The van der Waals surface area contributed by atoms with E-state index in [1.54, 1.807) is 0 Å². The second-order valence-electron chi connectivity index (χ2n) is 3.45. The van der Waals surface area contributed by atoms with Crippen molar-refractivity contribution >= 4 is 17.2 Å². The van der Waals surface area contributed by atoms with Crippen LogP contribution in [0.2, 0.25) is 5.15 Å². The molecule has 0 aromatic carbocycles. The van der Waals surface area contributed by atoms with Crippen LogP contribution in [0.4, 0.5) is 0 Å². The Bertz CT molecular complexity index is 450. The molecule has 1 N–H and O–H groups in total. The van der Waals surface area contributed by atoms with Gasteiger partial charge in [0.2, 0.25) is 0 Å². The third-order valence-corrected chi connectivity index (χ3v) is 2.60. The highest BCUT2D eigenvalue weighted by Crippen LogP contribution is 2.16. The van der Waals surface area contributed by atoms with Crippen LogP contribution in [0.1, 0.15) is 19.0 Å². The van der Waals surface area contributed by atoms with E-state index in [9.17, 15) is 0 Å². The maximum absolute atomic E-state index is 6.07. The van der Waals surface area contributed by atoms with Crippen LogP contribution >= 0.6 is 11.6 Å². The molecule has 0 amide bonds. The van der Waals surface area contributed by atoms with E-state index < -0.39 is 0 Å². The van der Waals surface area contributed by atoms with Gasteiger partial charge in [-0.3, -0.25) is 0 Å². The van der Waals surface area contributed by atoms with Crippen LogP contribution in [-0.2, 0) is 6.54 Å². The number of imidazole rings is 1. The minimum absolute atomic E-state index is 0.588. The van der Waals surface area contributed by atoms with Gasteiger partial charge in [-0.2, -0.15) is 0 Å². The van der Waals surface area contributed by atoms with E-state index in [4.69, 9.17) is 11.6 Å². The number of hydrogen-bond acceptors (Lipinski definition) is 2. The molecular weight excluding hydrogens is 210 g/mol. The first-order chi connectivity index (χ1) is 7.33. The number of fused-ring (bicyclic) bond motifs is 1. The van der Waals surface area contributed by atoms with Crippen molar-refractivity contribution in [3.63, 3.8) is 0 Å². The Kier molecular flexibility index (Phi) is 3.23. The number of nitrogens with one attached hydrogen (secondary N) is 1. The van der Waals surface area contributed by atoms with Crippen LogP contribution in [0.5, 0.6) is 0 Å². The van der Waals surface area contributed by atoms with Gasteiger partial charge in [0.1, 0.15) is 5.65 Å². The zero-order chi connectivity index (χ0) is 10.7. The molecule has 0 aliphatic heterocycles. The second kappa shape index (κ2) is 4.64. The molecule has 0 saturated carbocycles. The largest absolute Gasteiger partial charge is 0.311 e. The van der Waals surface area contributed by atoms with Gasteiger partial charge in [-0.25, -0.2) is 4.98 Å². The van der Waals surface area contributed by atoms with Crippen molar-refractivity contribution in [2.75, 3.05) is 6.54 Å². The topological polar surface area (TPSA) is 29.3 Å². The lowest BCUT2D eigenvalue weighted by Gasteiger charge is -2.03. The van der Waals surface area contributed by atoms with Gasteiger partial charge in [-0.05, 0) is 25.1 Å². The van der Waals surface area contributed by atoms with Gasteiger partial charge >= 0.3 is 0 Å². The summed E-state index contributed by atoms with van der Waals surface area (Å²) >= 11 is 6.07. The monoisotopic (exact) mass is 223 g/mol. The Labute approximate surface area is 94.1 Å². The van der Waals surface area contributed by atoms with Crippen LogP contribution in [0.15, 0.2) is 24.4 Å². The lowest BCUT2D eigenvalue weighted by Crippen LogP contribution is -2.15. The summed E-state index contributed by atoms with van der Waals surface area (Å²) in [6, 6.07) is 5.89. The van der Waals surface area contributed by atoms with Crippen LogP contribution in [0, 0.1) is 0 Å². The van der Waals surface area contributed by atoms with E-state index in [0.29, 0.717) is 5.15 Å². The molecule has 0 unspecified atom stereocenters. The van der Waals surface area contributed by atoms with Crippen molar-refractivity contribution in [1.29, 1.82) is 0 Å². The first-order valence-corrected chi connectivity index (χ1v) is 5.53. The predicted octanol–water partition coefficient (Wildman–Crippen LogP) is 2.49. The summed E-state index contributed by atoms with van der Waals surface area (Å²) in [5.74, 6) is 0. The van der Waals surface area contributed by atoms with Gasteiger partial charge in [-0.1, -0.05) is 24.6 Å². The molecule has 0 fully saturated rings. The molecule has 2 aromatic heterocycles. The van der Waals surface area contributed by atoms with Gasteiger partial charge in [0.15, 0.2) is 5.15 Å². The summed E-state index contributed by atoms with van der Waals surface area (Å²) in [6.07, 6.45) is 3.10. The van der Waals surface area contributed by atoms with E-state index in [2.05, 4.69) is 17.2 Å². The second-order valence-corrected chi connectivity index (χ2v) is 3.81. The molecule has 0 saturated heterocycles. The SMILES string of the molecule is CCCNCc1c(Cl)nc2ccccn12. The molecule has 2 heterocycles. The lowest BCUT2D eigenvalue weighted by atomic mass is 10.4. The fraction of sp³-hybridized carbons (Fsp3) is 0.364. The van der Waals surface area contributed by atoms with Crippen molar-refractivity contribution < 1.29 is 0 Å². The highest BCUT2D eigenvalue weighted by Gasteiger charge is 2.08. The first kappa shape index (κ1) is 10.5. The quantitative estimate of drug-likeness (QED) is 0.807. The van der Waals surface area contributed by atoms with E-state index in [1.165, 1.54) is 0 Å². The average Bonchev–Trinajstić information content (AvgIpc) is 2.56. The number of halogens is 1. The number of pyridine rings is 1. The highest BCUT2D eigenvalue weighted by atomic mass is 35.5. The molecule has 15 heavy (non-hydrogen) atoms. The van der Waals surface area contributed by atoms with Gasteiger partial charge in [0.25, 0.3) is 0 Å². The molecule has 0 radical (unpaired) electrons. The normalized spacial score (nSPS) is 11.1. The fourth-order valence-corrected chi connectivity index (χ4v) is 1.80. The number of hydrogen-bond donors (Lipinski definition) is 1. The van der Waals surface area contributed by atoms with Crippen molar-refractivity contribution in [2.24, 2.45) is 0 Å². The Morgan fingerprint density at radius 3 is 3.13 bits per heavy atom. The van der Waals surface area contributed by atoms with Gasteiger partial charge < -0.3 is 9.72 Å². The minimum atomic E-state index is 0.588. The Hall–Kier alpha value is -1.06. The number of rotatable bonds is 4. The van der Waals surface area contributed by atoms with Crippen LogP contribution in [0.25, 0.3) is 5.65 Å². The third-order valence-electron chi connectivity index (χ3n) is 2.30. The average molecular weight is 224 g/mol. The summed E-state index contributed by atoms with van der Waals surface area (Å²) in [5.41, 5.74) is 1.93. The predicted molar refractivity (Wildman–Crippen MR) is 62.2 cm³/mol. The van der Waals surface area contributed by atoms with Crippen molar-refractivity contribution in [3.05, 3.63) is 35.2 Å². The van der Waals surface area contributed by atoms with Gasteiger partial charge in [-0.15, -0.1) is 0 Å². The van der Waals surface area contributed by atoms with Gasteiger partial charge in [0, 0.05) is 12.7 Å². The lowest BCUT2D eigenvalue weighted by molar-refractivity contribution is 0.661. The summed E-state index contributed by atoms with van der Waals surface area (Å²) < 4.78 is 2.02. The molecule has 0 bridgehead atoms. The molecule has 4 heteroatoms. The molecule has 2 aromatic rings. The van der Waals surface area contributed by atoms with E-state index in [-0.39, 0.29) is 0 Å². The Balaban J connectivity index is 2.28. The molecule has 0 aliphatic rings. The first-order valence-electron chi connectivity index (χ1n) is 5.15. The highest BCUT2D eigenvalue weighted by molar-refractivity contribution is 6.30. The number of aromatic nitrogens is 2. The third kappa shape index (κ3) is 2.13. The Morgan fingerprint density at radius 1 is 1.47 bits per heavy atom. The van der Waals surface area contributed by atoms with Crippen molar-refractivity contribution in [2.45, 2.75) is 19.9 Å². The van der Waals surface area contributed by atoms with E-state index in [0.717, 1.165) is 30.9 Å². The van der Waals surface area contributed by atoms with Gasteiger partial charge in [0.05, 0.1) is 5.69 Å². The van der Waals surface area contributed by atoms with E-state index in [1.807, 2.05) is 28.8 Å². The van der Waals surface area contributed by atoms with Crippen LogP contribution < -0.4 is 5.32 Å². The van der Waals surface area contributed by atoms with E-state index >= 15 is 0 Å². The van der Waals surface area contributed by atoms with Crippen molar-refractivity contribution in [1.82, 2.24) is 14.7 Å². The fourth-order valence-electron chi connectivity index (χ4n) is 1.56. The summed E-state index contributed by atoms with van der Waals surface area (Å²) in [4.78, 5) is 4.28. The van der Waals surface area contributed by atoms with Crippen LogP contribution in [0.3, 0.4) is 0 Å². The Morgan fingerprint density at radius 2 is 2.33 bits per heavy atom. The zero-order valence-electron chi connectivity index (χ0n) is 8.70. The zero-order valence-corrected chi connectivity index (χ0v) is 9.46. The van der Waals surface area contributed by atoms with Crippen LogP contribution in [-0.4, -0.2) is 15.9 Å². The van der Waals surface area contributed by atoms with Crippen molar-refractivity contribution in [3.8, 4) is 0 Å². The summed E-state index contributed by atoms with van der Waals surface area (Å²) in [7, 11) is 0. The maximum Gasteiger partial charge on any atom is 0.152 e. The summed E-state index contributed by atoms with van der Waals surface area (Å²) in [6.45, 7) is 3.90. The standard InChI is InChI=1S/C11H14ClN3/c1-2-6-13-8-9-11(12)14-10-5-3-4-7-15(9)10/h3-5,7,13H,2,6,8H2,1H3. The molecule has 0 spiro atoms. The number of nitrogens with zero attached hydrogens (tertiary/aromatic N) is 2. The minimum Gasteiger partial charge on any atom is -0.311 e. The smallest absolute Gasteiger partial charge is 0.152 e. The molecule has 0 aliphatic carbocycles. The molecule has 0 atom stereocenters. The molecule has 80 valence electrons. The molecule has 3 nitrogen and oxygen atoms in total. The summed E-state index contributed by atoms with van der Waals surface area (Å²) in [5, 5.41) is 3.91.